The molecule has 0 aliphatic carbocycles. The van der Waals surface area contributed by atoms with Crippen LogP contribution in [0.4, 0.5) is 4.79 Å². The predicted octanol–water partition coefficient (Wildman–Crippen LogP) is 4.95. The molecule has 0 unspecified atom stereocenters. The van der Waals surface area contributed by atoms with Crippen molar-refractivity contribution in [2.24, 2.45) is 0 Å². The van der Waals surface area contributed by atoms with Crippen molar-refractivity contribution in [2.45, 2.75) is 44.8 Å². The van der Waals surface area contributed by atoms with Gasteiger partial charge in [-0.3, -0.25) is 4.79 Å². The molecule has 7 heteroatoms. The summed E-state index contributed by atoms with van der Waals surface area (Å²) in [6.07, 6.45) is 2.00. The Hall–Kier alpha value is -4.13. The summed E-state index contributed by atoms with van der Waals surface area (Å²) in [5.41, 5.74) is 3.90. The molecule has 0 heterocycles. The molecule has 2 amide bonds. The summed E-state index contributed by atoms with van der Waals surface area (Å²) in [7, 11) is 0. The number of nitrogens with one attached hydrogen (secondary N) is 2. The zero-order valence-corrected chi connectivity index (χ0v) is 20.2. The molecule has 3 rings (SSSR count). The summed E-state index contributed by atoms with van der Waals surface area (Å²) in [6.45, 7) is 0.667. The van der Waals surface area contributed by atoms with Gasteiger partial charge in [0.1, 0.15) is 12.6 Å². The van der Waals surface area contributed by atoms with Gasteiger partial charge in [0.15, 0.2) is 0 Å². The van der Waals surface area contributed by atoms with E-state index in [0.717, 1.165) is 28.7 Å². The van der Waals surface area contributed by atoms with Crippen LogP contribution in [-0.2, 0) is 27.4 Å². The highest BCUT2D eigenvalue weighted by atomic mass is 16.5. The molecule has 0 radical (unpaired) electrons. The topological polar surface area (TPSA) is 105 Å². The number of carbonyl (C=O) groups is 3. The van der Waals surface area contributed by atoms with E-state index in [1.165, 1.54) is 0 Å². The maximum absolute atomic E-state index is 12.3. The van der Waals surface area contributed by atoms with E-state index >= 15 is 0 Å². The van der Waals surface area contributed by atoms with Crippen LogP contribution in [0.1, 0.15) is 36.8 Å². The number of alkyl carbamates (subject to hydrolysis) is 1. The van der Waals surface area contributed by atoms with Crippen molar-refractivity contribution in [1.29, 1.82) is 0 Å². The van der Waals surface area contributed by atoms with Gasteiger partial charge >= 0.3 is 12.1 Å². The summed E-state index contributed by atoms with van der Waals surface area (Å²) >= 11 is 0. The summed E-state index contributed by atoms with van der Waals surface area (Å²) in [4.78, 5) is 35.7. The Morgan fingerprint density at radius 3 is 2.06 bits per heavy atom. The van der Waals surface area contributed by atoms with Crippen molar-refractivity contribution in [2.75, 3.05) is 6.54 Å². The van der Waals surface area contributed by atoms with Gasteiger partial charge in [-0.05, 0) is 35.1 Å². The lowest BCUT2D eigenvalue weighted by Gasteiger charge is -2.15. The van der Waals surface area contributed by atoms with Gasteiger partial charge in [0.2, 0.25) is 5.91 Å². The van der Waals surface area contributed by atoms with Crippen LogP contribution in [0, 0.1) is 0 Å². The Kier molecular flexibility index (Phi) is 10.5. The molecule has 1 atom stereocenters. The van der Waals surface area contributed by atoms with E-state index in [-0.39, 0.29) is 25.4 Å². The number of hydrogen-bond donors (Lipinski definition) is 3. The van der Waals surface area contributed by atoms with Crippen molar-refractivity contribution in [3.63, 3.8) is 0 Å². The molecule has 0 aliphatic rings. The van der Waals surface area contributed by atoms with Crippen LogP contribution in [0.25, 0.3) is 11.1 Å². The highest BCUT2D eigenvalue weighted by molar-refractivity contribution is 5.83. The highest BCUT2D eigenvalue weighted by Gasteiger charge is 2.20. The van der Waals surface area contributed by atoms with Crippen molar-refractivity contribution < 1.29 is 24.2 Å². The molecule has 0 aliphatic heterocycles. The third kappa shape index (κ3) is 9.25. The van der Waals surface area contributed by atoms with Crippen molar-refractivity contribution >= 4 is 18.0 Å². The van der Waals surface area contributed by atoms with E-state index in [4.69, 9.17) is 4.74 Å². The molecule has 0 spiro atoms. The monoisotopic (exact) mass is 488 g/mol. The number of hydrogen-bond acceptors (Lipinski definition) is 4. The number of carboxylic acid groups (broad SMARTS) is 1. The van der Waals surface area contributed by atoms with Gasteiger partial charge in [0, 0.05) is 19.4 Å². The second-order valence-corrected chi connectivity index (χ2v) is 8.52. The van der Waals surface area contributed by atoms with Crippen LogP contribution in [-0.4, -0.2) is 35.7 Å². The number of amides is 2. The standard InChI is InChI=1S/C29H32N2O5/c32-27(14-8-3-9-19-30-29(35)36-21-23-10-4-1-5-11-23)31-26(28(33)34)20-22-15-17-25(18-16-22)24-12-6-2-7-13-24/h1-2,4-7,10-13,15-18,26H,3,8-9,14,19-21H2,(H,30,35)(H,31,32)(H,33,34)/t26-/m1/s1. The molecular weight excluding hydrogens is 456 g/mol. The third-order valence-corrected chi connectivity index (χ3v) is 5.70. The maximum atomic E-state index is 12.3. The zero-order valence-electron chi connectivity index (χ0n) is 20.2. The first-order chi connectivity index (χ1) is 17.5. The second kappa shape index (κ2) is 14.3. The lowest BCUT2D eigenvalue weighted by Crippen LogP contribution is -2.42. The van der Waals surface area contributed by atoms with Crippen LogP contribution < -0.4 is 10.6 Å². The van der Waals surface area contributed by atoms with Crippen LogP contribution in [0.5, 0.6) is 0 Å². The van der Waals surface area contributed by atoms with E-state index in [0.29, 0.717) is 19.4 Å². The van der Waals surface area contributed by atoms with Gasteiger partial charge in [-0.15, -0.1) is 0 Å². The van der Waals surface area contributed by atoms with E-state index in [9.17, 15) is 19.5 Å². The number of ether oxygens (including phenoxy) is 1. The van der Waals surface area contributed by atoms with Crippen LogP contribution >= 0.6 is 0 Å². The summed E-state index contributed by atoms with van der Waals surface area (Å²) in [6, 6.07) is 26.1. The summed E-state index contributed by atoms with van der Waals surface area (Å²) in [5, 5.41) is 14.9. The van der Waals surface area contributed by atoms with Gasteiger partial charge < -0.3 is 20.5 Å². The fourth-order valence-corrected chi connectivity index (χ4v) is 3.72. The molecule has 3 aromatic rings. The Labute approximate surface area is 211 Å². The van der Waals surface area contributed by atoms with Gasteiger partial charge in [0.25, 0.3) is 0 Å². The number of carbonyl (C=O) groups excluding carboxylic acids is 2. The molecule has 0 aromatic heterocycles. The maximum Gasteiger partial charge on any atom is 0.407 e. The van der Waals surface area contributed by atoms with E-state index in [1.807, 2.05) is 84.9 Å². The Balaban J connectivity index is 1.31. The number of benzene rings is 3. The van der Waals surface area contributed by atoms with E-state index in [1.54, 1.807) is 0 Å². The van der Waals surface area contributed by atoms with Gasteiger partial charge in [-0.25, -0.2) is 9.59 Å². The van der Waals surface area contributed by atoms with Crippen LogP contribution in [0.15, 0.2) is 84.9 Å². The molecule has 7 nitrogen and oxygen atoms in total. The first-order valence-corrected chi connectivity index (χ1v) is 12.1. The molecule has 36 heavy (non-hydrogen) atoms. The Bertz CT molecular complexity index is 1100. The Morgan fingerprint density at radius 1 is 0.750 bits per heavy atom. The number of carboxylic acids is 1. The first-order valence-electron chi connectivity index (χ1n) is 12.1. The molecule has 188 valence electrons. The number of aliphatic carboxylic acids is 1. The highest BCUT2D eigenvalue weighted by Crippen LogP contribution is 2.19. The van der Waals surface area contributed by atoms with Crippen molar-refractivity contribution in [3.8, 4) is 11.1 Å². The Morgan fingerprint density at radius 2 is 1.39 bits per heavy atom. The SMILES string of the molecule is O=C(CCCCCNC(=O)OCc1ccccc1)N[C@H](Cc1ccc(-c2ccccc2)cc1)C(=O)O. The largest absolute Gasteiger partial charge is 0.480 e. The molecule has 0 fully saturated rings. The predicted molar refractivity (Wildman–Crippen MR) is 138 cm³/mol. The van der Waals surface area contributed by atoms with Gasteiger partial charge in [-0.1, -0.05) is 91.3 Å². The molecular formula is C29H32N2O5. The van der Waals surface area contributed by atoms with E-state index < -0.39 is 18.1 Å². The minimum atomic E-state index is -1.06. The lowest BCUT2D eigenvalue weighted by atomic mass is 10.0. The molecule has 0 bridgehead atoms. The smallest absolute Gasteiger partial charge is 0.407 e. The molecule has 0 saturated heterocycles. The van der Waals surface area contributed by atoms with Gasteiger partial charge in [0.05, 0.1) is 0 Å². The molecule has 3 aromatic carbocycles. The normalized spacial score (nSPS) is 11.3. The minimum absolute atomic E-state index is 0.213. The molecule has 0 saturated carbocycles. The average molecular weight is 489 g/mol. The van der Waals surface area contributed by atoms with E-state index in [2.05, 4.69) is 10.6 Å². The zero-order chi connectivity index (χ0) is 25.6. The average Bonchev–Trinajstić information content (AvgIpc) is 2.90. The fourth-order valence-electron chi connectivity index (χ4n) is 3.72. The first kappa shape index (κ1) is 26.5. The van der Waals surface area contributed by atoms with Gasteiger partial charge in [-0.2, -0.15) is 0 Å². The lowest BCUT2D eigenvalue weighted by molar-refractivity contribution is -0.141. The van der Waals surface area contributed by atoms with Crippen LogP contribution in [0.2, 0.25) is 0 Å². The van der Waals surface area contributed by atoms with Crippen LogP contribution in [0.3, 0.4) is 0 Å². The molecule has 3 N–H and O–H groups in total. The minimum Gasteiger partial charge on any atom is -0.480 e. The number of rotatable bonds is 13. The van der Waals surface area contributed by atoms with Crippen molar-refractivity contribution in [1.82, 2.24) is 10.6 Å². The number of unbranched alkanes of at least 4 members (excludes halogenated alkanes) is 2. The summed E-state index contributed by atoms with van der Waals surface area (Å²) < 4.78 is 5.15. The quantitative estimate of drug-likeness (QED) is 0.295. The van der Waals surface area contributed by atoms with Crippen molar-refractivity contribution in [3.05, 3.63) is 96.1 Å². The second-order valence-electron chi connectivity index (χ2n) is 8.52. The fraction of sp³-hybridized carbons (Fsp3) is 0.276. The summed E-state index contributed by atoms with van der Waals surface area (Å²) in [5.74, 6) is -1.35. The third-order valence-electron chi connectivity index (χ3n) is 5.70.